The van der Waals surface area contributed by atoms with Gasteiger partial charge < -0.3 is 0 Å². The highest BCUT2D eigenvalue weighted by Crippen LogP contribution is 2.26. The van der Waals surface area contributed by atoms with Gasteiger partial charge in [0.2, 0.25) is 0 Å². The average molecular weight is 451 g/mol. The quantitative estimate of drug-likeness (QED) is 0.552. The fraction of sp³-hybridized carbons (Fsp3) is 0.167. The van der Waals surface area contributed by atoms with Crippen molar-refractivity contribution in [2.75, 3.05) is 0 Å². The van der Waals surface area contributed by atoms with E-state index in [9.17, 15) is 0 Å². The van der Waals surface area contributed by atoms with Gasteiger partial charge in [-0.15, -0.1) is 0 Å². The maximum Gasteiger partial charge on any atom is 0.0733 e. The van der Waals surface area contributed by atoms with Crippen LogP contribution in [0.2, 0.25) is 0 Å². The zero-order valence-electron chi connectivity index (χ0n) is 9.78. The van der Waals surface area contributed by atoms with Crippen LogP contribution < -0.4 is 11.3 Å². The number of rotatable bonds is 4. The summed E-state index contributed by atoms with van der Waals surface area (Å²) in [5.74, 6) is 5.63. The van der Waals surface area contributed by atoms with Crippen LogP contribution in [0.25, 0.3) is 0 Å². The van der Waals surface area contributed by atoms with Crippen LogP contribution in [-0.4, -0.2) is 9.97 Å². The molecule has 0 amide bonds. The van der Waals surface area contributed by atoms with Crippen molar-refractivity contribution in [1.29, 1.82) is 0 Å². The van der Waals surface area contributed by atoms with E-state index in [1.54, 1.807) is 12.4 Å². The predicted octanol–water partition coefficient (Wildman–Crippen LogP) is 3.51. The molecule has 0 spiro atoms. The summed E-state index contributed by atoms with van der Waals surface area (Å²) in [4.78, 5) is 8.73. The monoisotopic (exact) mass is 448 g/mol. The van der Waals surface area contributed by atoms with Crippen molar-refractivity contribution < 1.29 is 0 Å². The van der Waals surface area contributed by atoms with Gasteiger partial charge in [0.25, 0.3) is 0 Å². The minimum atomic E-state index is -0.101. The lowest BCUT2D eigenvalue weighted by Gasteiger charge is -2.16. The van der Waals surface area contributed by atoms with E-state index in [4.69, 9.17) is 5.84 Å². The number of nitrogens with two attached hydrogens (primary N) is 1. The highest BCUT2D eigenvalue weighted by molar-refractivity contribution is 9.11. The Morgan fingerprint density at radius 2 is 1.84 bits per heavy atom. The normalized spacial score (nSPS) is 12.4. The first-order valence-corrected chi connectivity index (χ1v) is 7.85. The number of nitrogens with one attached hydrogen (secondary N) is 1. The Labute approximate surface area is 136 Å². The van der Waals surface area contributed by atoms with E-state index >= 15 is 0 Å². The van der Waals surface area contributed by atoms with Gasteiger partial charge in [-0.2, -0.15) is 0 Å². The third kappa shape index (κ3) is 4.06. The van der Waals surface area contributed by atoms with Gasteiger partial charge in [0.1, 0.15) is 0 Å². The molecule has 3 N–H and O–H groups in total. The Kier molecular flexibility index (Phi) is 5.47. The zero-order valence-corrected chi connectivity index (χ0v) is 14.5. The molecule has 100 valence electrons. The summed E-state index contributed by atoms with van der Waals surface area (Å²) in [6.07, 6.45) is 4.18. The van der Waals surface area contributed by atoms with Gasteiger partial charge in [-0.3, -0.25) is 21.2 Å². The lowest BCUT2D eigenvalue weighted by atomic mass is 10.1. The molecule has 19 heavy (non-hydrogen) atoms. The Bertz CT molecular complexity index is 559. The molecule has 1 atom stereocenters. The number of pyridine rings is 2. The summed E-state index contributed by atoms with van der Waals surface area (Å²) >= 11 is 10.2. The molecule has 0 bridgehead atoms. The van der Waals surface area contributed by atoms with E-state index in [2.05, 4.69) is 63.2 Å². The first kappa shape index (κ1) is 15.1. The highest BCUT2D eigenvalue weighted by atomic mass is 79.9. The average Bonchev–Trinajstić information content (AvgIpc) is 2.39. The molecule has 2 rings (SSSR count). The molecule has 0 radical (unpaired) electrons. The van der Waals surface area contributed by atoms with Crippen LogP contribution in [-0.2, 0) is 6.42 Å². The zero-order chi connectivity index (χ0) is 13.8. The van der Waals surface area contributed by atoms with Gasteiger partial charge in [-0.1, -0.05) is 0 Å². The van der Waals surface area contributed by atoms with Crippen LogP contribution in [0.4, 0.5) is 0 Å². The number of halogens is 3. The lowest BCUT2D eigenvalue weighted by Crippen LogP contribution is -2.30. The molecule has 0 aliphatic carbocycles. The summed E-state index contributed by atoms with van der Waals surface area (Å²) < 4.78 is 2.78. The molecular formula is C12H11Br3N4. The number of aromatic nitrogens is 2. The minimum Gasteiger partial charge on any atom is -0.271 e. The molecule has 4 nitrogen and oxygen atoms in total. The number of hydrazine groups is 1. The number of hydrogen-bond donors (Lipinski definition) is 2. The fourth-order valence-electron chi connectivity index (χ4n) is 1.65. The van der Waals surface area contributed by atoms with E-state index in [0.29, 0.717) is 6.42 Å². The molecule has 0 aliphatic heterocycles. The fourth-order valence-corrected chi connectivity index (χ4v) is 3.15. The molecule has 2 aromatic heterocycles. The molecule has 0 saturated heterocycles. The van der Waals surface area contributed by atoms with Gasteiger partial charge in [0, 0.05) is 37.9 Å². The van der Waals surface area contributed by atoms with Gasteiger partial charge in [0.05, 0.1) is 11.7 Å². The molecule has 7 heteroatoms. The van der Waals surface area contributed by atoms with E-state index in [-0.39, 0.29) is 6.04 Å². The van der Waals surface area contributed by atoms with Crippen LogP contribution in [0.3, 0.4) is 0 Å². The van der Waals surface area contributed by atoms with Crippen molar-refractivity contribution in [3.8, 4) is 0 Å². The topological polar surface area (TPSA) is 63.8 Å². The smallest absolute Gasteiger partial charge is 0.0733 e. The van der Waals surface area contributed by atoms with Crippen LogP contribution in [0.1, 0.15) is 17.4 Å². The van der Waals surface area contributed by atoms with Crippen molar-refractivity contribution >= 4 is 47.8 Å². The van der Waals surface area contributed by atoms with Crippen LogP contribution >= 0.6 is 47.8 Å². The molecular weight excluding hydrogens is 440 g/mol. The summed E-state index contributed by atoms with van der Waals surface area (Å²) in [6.45, 7) is 0. The first-order chi connectivity index (χ1) is 9.10. The van der Waals surface area contributed by atoms with E-state index in [0.717, 1.165) is 24.8 Å². The van der Waals surface area contributed by atoms with Crippen molar-refractivity contribution in [3.05, 3.63) is 55.4 Å². The maximum absolute atomic E-state index is 5.63. The minimum absolute atomic E-state index is 0.101. The molecule has 0 aliphatic rings. The second kappa shape index (κ2) is 6.90. The third-order valence-electron chi connectivity index (χ3n) is 2.57. The van der Waals surface area contributed by atoms with Gasteiger partial charge in [-0.05, 0) is 66.0 Å². The third-order valence-corrected chi connectivity index (χ3v) is 4.11. The van der Waals surface area contributed by atoms with Crippen molar-refractivity contribution in [3.63, 3.8) is 0 Å². The molecule has 0 saturated carbocycles. The Morgan fingerprint density at radius 1 is 1.11 bits per heavy atom. The largest absolute Gasteiger partial charge is 0.271 e. The summed E-state index contributed by atoms with van der Waals surface area (Å²) in [5, 5.41) is 0. The molecule has 2 aromatic rings. The molecule has 1 unspecified atom stereocenters. The SMILES string of the molecule is NNC(Cc1ccc(Br)cn1)c1ncc(Br)cc1Br. The number of hydrogen-bond acceptors (Lipinski definition) is 4. The predicted molar refractivity (Wildman–Crippen MR) is 85.3 cm³/mol. The van der Waals surface area contributed by atoms with Gasteiger partial charge in [-0.25, -0.2) is 0 Å². The number of nitrogens with zero attached hydrogens (tertiary/aromatic N) is 2. The Morgan fingerprint density at radius 3 is 2.42 bits per heavy atom. The van der Waals surface area contributed by atoms with Gasteiger partial charge >= 0.3 is 0 Å². The van der Waals surface area contributed by atoms with Crippen LogP contribution in [0.5, 0.6) is 0 Å². The van der Waals surface area contributed by atoms with Crippen LogP contribution in [0, 0.1) is 0 Å². The van der Waals surface area contributed by atoms with Crippen LogP contribution in [0.15, 0.2) is 44.0 Å². The second-order valence-corrected chi connectivity index (χ2v) is 6.60. The van der Waals surface area contributed by atoms with E-state index in [1.165, 1.54) is 0 Å². The summed E-state index contributed by atoms with van der Waals surface area (Å²) in [6, 6.07) is 5.76. The highest BCUT2D eigenvalue weighted by Gasteiger charge is 2.16. The second-order valence-electron chi connectivity index (χ2n) is 3.91. The standard InChI is InChI=1S/C12H11Br3N4/c13-7-1-2-9(17-5-7)4-11(19-16)12-10(15)3-8(14)6-18-12/h1-3,5-6,11,19H,4,16H2. The lowest BCUT2D eigenvalue weighted by molar-refractivity contribution is 0.530. The van der Waals surface area contributed by atoms with Crippen molar-refractivity contribution in [2.24, 2.45) is 5.84 Å². The Hall–Kier alpha value is -0.340. The summed E-state index contributed by atoms with van der Waals surface area (Å²) in [5.41, 5.74) is 4.59. The first-order valence-electron chi connectivity index (χ1n) is 5.47. The van der Waals surface area contributed by atoms with E-state index < -0.39 is 0 Å². The molecule has 0 aromatic carbocycles. The summed E-state index contributed by atoms with van der Waals surface area (Å²) in [7, 11) is 0. The van der Waals surface area contributed by atoms with Crippen molar-refractivity contribution in [2.45, 2.75) is 12.5 Å². The van der Waals surface area contributed by atoms with Gasteiger partial charge in [0.15, 0.2) is 0 Å². The Balaban J connectivity index is 2.22. The molecule has 2 heterocycles. The maximum atomic E-state index is 5.63. The molecule has 0 fully saturated rings. The van der Waals surface area contributed by atoms with Crippen molar-refractivity contribution in [1.82, 2.24) is 15.4 Å². The van der Waals surface area contributed by atoms with E-state index in [1.807, 2.05) is 18.2 Å².